The first kappa shape index (κ1) is 14.4. The van der Waals surface area contributed by atoms with Crippen molar-refractivity contribution in [3.05, 3.63) is 17.5 Å². The molecule has 7 nitrogen and oxygen atoms in total. The standard InChI is InChI=1S/C13H19N3O4/c1-13(2,3)20-12(19)16-5-4-8(7-16)9-6-10(11(17)18)15-14-9/h6,8H,4-5,7H2,1-3H3,(H,14,15)(H,17,18)/t8-/m1/s1. The molecular weight excluding hydrogens is 262 g/mol. The number of aromatic amines is 1. The molecule has 0 bridgehead atoms. The molecule has 0 saturated carbocycles. The molecule has 1 fully saturated rings. The van der Waals surface area contributed by atoms with Gasteiger partial charge in [-0.05, 0) is 33.3 Å². The fourth-order valence-corrected chi connectivity index (χ4v) is 2.16. The van der Waals surface area contributed by atoms with Gasteiger partial charge >= 0.3 is 12.1 Å². The van der Waals surface area contributed by atoms with Gasteiger partial charge in [0.05, 0.1) is 0 Å². The van der Waals surface area contributed by atoms with Gasteiger partial charge in [0.2, 0.25) is 0 Å². The molecule has 110 valence electrons. The van der Waals surface area contributed by atoms with E-state index >= 15 is 0 Å². The molecule has 2 heterocycles. The third-order valence-corrected chi connectivity index (χ3v) is 3.10. The fourth-order valence-electron chi connectivity index (χ4n) is 2.16. The Morgan fingerprint density at radius 1 is 1.50 bits per heavy atom. The van der Waals surface area contributed by atoms with Gasteiger partial charge in [0.25, 0.3) is 0 Å². The monoisotopic (exact) mass is 281 g/mol. The van der Waals surface area contributed by atoms with Crippen molar-refractivity contribution in [2.75, 3.05) is 13.1 Å². The van der Waals surface area contributed by atoms with E-state index in [1.165, 1.54) is 6.07 Å². The molecule has 2 rings (SSSR count). The number of carbonyl (C=O) groups excluding carboxylic acids is 1. The number of rotatable bonds is 2. The first-order valence-corrected chi connectivity index (χ1v) is 6.53. The van der Waals surface area contributed by atoms with Gasteiger partial charge in [-0.25, -0.2) is 9.59 Å². The van der Waals surface area contributed by atoms with Gasteiger partial charge in [0.15, 0.2) is 5.69 Å². The van der Waals surface area contributed by atoms with Crippen LogP contribution < -0.4 is 0 Å². The Morgan fingerprint density at radius 3 is 2.75 bits per heavy atom. The highest BCUT2D eigenvalue weighted by Gasteiger charge is 2.31. The van der Waals surface area contributed by atoms with Crippen LogP contribution in [0.1, 0.15) is 49.3 Å². The Morgan fingerprint density at radius 2 is 2.20 bits per heavy atom. The maximum absolute atomic E-state index is 11.9. The Balaban J connectivity index is 1.98. The van der Waals surface area contributed by atoms with Gasteiger partial charge < -0.3 is 14.7 Å². The van der Waals surface area contributed by atoms with Crippen LogP contribution in [0.4, 0.5) is 4.79 Å². The largest absolute Gasteiger partial charge is 0.476 e. The first-order valence-electron chi connectivity index (χ1n) is 6.53. The van der Waals surface area contributed by atoms with E-state index in [0.717, 1.165) is 12.1 Å². The van der Waals surface area contributed by atoms with Crippen LogP contribution in [0.5, 0.6) is 0 Å². The van der Waals surface area contributed by atoms with Crippen LogP contribution in [0.25, 0.3) is 0 Å². The highest BCUT2D eigenvalue weighted by Crippen LogP contribution is 2.27. The van der Waals surface area contributed by atoms with E-state index in [1.54, 1.807) is 4.90 Å². The number of carboxylic acid groups (broad SMARTS) is 1. The minimum Gasteiger partial charge on any atom is -0.476 e. The number of hydrogen-bond acceptors (Lipinski definition) is 4. The highest BCUT2D eigenvalue weighted by atomic mass is 16.6. The zero-order valence-corrected chi connectivity index (χ0v) is 11.8. The number of likely N-dealkylation sites (tertiary alicyclic amines) is 1. The summed E-state index contributed by atoms with van der Waals surface area (Å²) in [6, 6.07) is 1.52. The second kappa shape index (κ2) is 5.15. The SMILES string of the molecule is CC(C)(C)OC(=O)N1CC[C@@H](c2cc(C(=O)O)n[nH]2)C1. The van der Waals surface area contributed by atoms with Gasteiger partial charge in [-0.2, -0.15) is 5.10 Å². The van der Waals surface area contributed by atoms with Crippen LogP contribution in [0.2, 0.25) is 0 Å². The predicted molar refractivity (Wildman–Crippen MR) is 70.7 cm³/mol. The van der Waals surface area contributed by atoms with Crippen LogP contribution in [0.3, 0.4) is 0 Å². The average molecular weight is 281 g/mol. The number of hydrogen-bond donors (Lipinski definition) is 2. The Bertz CT molecular complexity index is 518. The third-order valence-electron chi connectivity index (χ3n) is 3.10. The normalized spacial score (nSPS) is 19.1. The van der Waals surface area contributed by atoms with Crippen LogP contribution >= 0.6 is 0 Å². The number of H-pyrrole nitrogens is 1. The lowest BCUT2D eigenvalue weighted by atomic mass is 10.1. The van der Waals surface area contributed by atoms with Crippen molar-refractivity contribution in [3.63, 3.8) is 0 Å². The minimum atomic E-state index is -1.06. The Labute approximate surface area is 116 Å². The summed E-state index contributed by atoms with van der Waals surface area (Å²) in [6.07, 6.45) is 0.429. The maximum atomic E-state index is 11.9. The average Bonchev–Trinajstić information content (AvgIpc) is 2.95. The summed E-state index contributed by atoms with van der Waals surface area (Å²) in [5.41, 5.74) is 0.226. The maximum Gasteiger partial charge on any atom is 0.410 e. The van der Waals surface area contributed by atoms with Crippen LogP contribution in [-0.2, 0) is 4.74 Å². The summed E-state index contributed by atoms with van der Waals surface area (Å²) in [5, 5.41) is 15.3. The first-order chi connectivity index (χ1) is 9.26. The molecule has 20 heavy (non-hydrogen) atoms. The fraction of sp³-hybridized carbons (Fsp3) is 0.615. The molecule has 0 unspecified atom stereocenters. The number of carboxylic acids is 1. The Hall–Kier alpha value is -2.05. The lowest BCUT2D eigenvalue weighted by molar-refractivity contribution is 0.0292. The molecule has 1 saturated heterocycles. The van der Waals surface area contributed by atoms with Crippen LogP contribution in [-0.4, -0.2) is 51.0 Å². The smallest absolute Gasteiger partial charge is 0.410 e. The van der Waals surface area contributed by atoms with E-state index in [9.17, 15) is 9.59 Å². The molecule has 2 N–H and O–H groups in total. The van der Waals surface area contributed by atoms with Gasteiger partial charge in [-0.1, -0.05) is 0 Å². The molecule has 1 aliphatic heterocycles. The molecule has 0 aliphatic carbocycles. The van der Waals surface area contributed by atoms with Crippen molar-refractivity contribution in [2.24, 2.45) is 0 Å². The van der Waals surface area contributed by atoms with Crippen molar-refractivity contribution in [2.45, 2.75) is 38.7 Å². The molecule has 0 spiro atoms. The summed E-state index contributed by atoms with van der Waals surface area (Å²) in [4.78, 5) is 24.4. The summed E-state index contributed by atoms with van der Waals surface area (Å²) in [5.74, 6) is -0.988. The number of ether oxygens (including phenoxy) is 1. The number of nitrogens with zero attached hydrogens (tertiary/aromatic N) is 2. The predicted octanol–water partition coefficient (Wildman–Crippen LogP) is 1.83. The molecule has 0 aromatic carbocycles. The van der Waals surface area contributed by atoms with Crippen LogP contribution in [0, 0.1) is 0 Å². The third kappa shape index (κ3) is 3.28. The van der Waals surface area contributed by atoms with E-state index in [-0.39, 0.29) is 17.7 Å². The minimum absolute atomic E-state index is 0.00396. The zero-order chi connectivity index (χ0) is 14.9. The number of aromatic nitrogens is 2. The van der Waals surface area contributed by atoms with Crippen LogP contribution in [0.15, 0.2) is 6.07 Å². The second-order valence-corrected chi connectivity index (χ2v) is 5.93. The molecule has 7 heteroatoms. The molecule has 1 aromatic heterocycles. The topological polar surface area (TPSA) is 95.5 Å². The number of carbonyl (C=O) groups is 2. The van der Waals surface area contributed by atoms with Crippen molar-refractivity contribution < 1.29 is 19.4 Å². The van der Waals surface area contributed by atoms with Gasteiger partial charge in [0, 0.05) is 24.7 Å². The van der Waals surface area contributed by atoms with E-state index in [1.807, 2.05) is 20.8 Å². The number of nitrogens with one attached hydrogen (secondary N) is 1. The molecule has 1 atom stereocenters. The number of aromatic carboxylic acids is 1. The van der Waals surface area contributed by atoms with E-state index in [0.29, 0.717) is 13.1 Å². The second-order valence-electron chi connectivity index (χ2n) is 5.93. The van der Waals surface area contributed by atoms with Gasteiger partial charge in [0.1, 0.15) is 5.60 Å². The Kier molecular flexibility index (Phi) is 3.69. The summed E-state index contributed by atoms with van der Waals surface area (Å²) < 4.78 is 5.32. The molecule has 1 amide bonds. The summed E-state index contributed by atoms with van der Waals surface area (Å²) >= 11 is 0. The van der Waals surface area contributed by atoms with Crippen molar-refractivity contribution in [1.82, 2.24) is 15.1 Å². The van der Waals surface area contributed by atoms with E-state index in [4.69, 9.17) is 9.84 Å². The molecule has 1 aromatic rings. The van der Waals surface area contributed by atoms with E-state index in [2.05, 4.69) is 10.2 Å². The van der Waals surface area contributed by atoms with Gasteiger partial charge in [-0.3, -0.25) is 5.10 Å². The lowest BCUT2D eigenvalue weighted by Gasteiger charge is -2.24. The molecule has 1 aliphatic rings. The molecular formula is C13H19N3O4. The lowest BCUT2D eigenvalue weighted by Crippen LogP contribution is -2.35. The summed E-state index contributed by atoms with van der Waals surface area (Å²) in [6.45, 7) is 6.59. The molecule has 0 radical (unpaired) electrons. The highest BCUT2D eigenvalue weighted by molar-refractivity contribution is 5.85. The van der Waals surface area contributed by atoms with Gasteiger partial charge in [-0.15, -0.1) is 0 Å². The summed E-state index contributed by atoms with van der Waals surface area (Å²) in [7, 11) is 0. The zero-order valence-electron chi connectivity index (χ0n) is 11.8. The van der Waals surface area contributed by atoms with Crippen molar-refractivity contribution in [1.29, 1.82) is 0 Å². The van der Waals surface area contributed by atoms with Crippen molar-refractivity contribution in [3.8, 4) is 0 Å². The van der Waals surface area contributed by atoms with Crippen molar-refractivity contribution >= 4 is 12.1 Å². The number of amides is 1. The van der Waals surface area contributed by atoms with E-state index < -0.39 is 11.6 Å². The quantitative estimate of drug-likeness (QED) is 0.862.